The average molecular weight is 471 g/mol. The standard InChI is InChI=1S/C27H34O7/c1-30-19-34-24-16-14-22(26(29)27(24)31-2)23(28)15-13-21-11-9-20(10-12-21)7-3-5-17-32-25-8-4-6-18-33-25/h9-16,25,29H,3-8,17-19H2,1-2H3/b15-13+. The van der Waals surface area contributed by atoms with Crippen molar-refractivity contribution in [3.8, 4) is 17.2 Å². The summed E-state index contributed by atoms with van der Waals surface area (Å²) in [5.74, 6) is -0.204. The van der Waals surface area contributed by atoms with Gasteiger partial charge in [-0.15, -0.1) is 0 Å². The third-order valence-corrected chi connectivity index (χ3v) is 5.61. The van der Waals surface area contributed by atoms with Gasteiger partial charge < -0.3 is 28.8 Å². The number of hydrogen-bond acceptors (Lipinski definition) is 7. The van der Waals surface area contributed by atoms with Gasteiger partial charge in [0.2, 0.25) is 5.75 Å². The molecule has 0 aliphatic carbocycles. The Bertz CT molecular complexity index is 931. The van der Waals surface area contributed by atoms with E-state index in [-0.39, 0.29) is 35.9 Å². The third kappa shape index (κ3) is 7.58. The van der Waals surface area contributed by atoms with Gasteiger partial charge in [0.25, 0.3) is 0 Å². The predicted octanol–water partition coefficient (Wildman–Crippen LogP) is 5.15. The number of phenols is 1. The molecule has 1 heterocycles. The topological polar surface area (TPSA) is 83.5 Å². The quantitative estimate of drug-likeness (QED) is 0.188. The van der Waals surface area contributed by atoms with Gasteiger partial charge in [0.05, 0.1) is 12.7 Å². The van der Waals surface area contributed by atoms with Crippen LogP contribution in [0.2, 0.25) is 0 Å². The van der Waals surface area contributed by atoms with Crippen LogP contribution in [-0.4, -0.2) is 51.4 Å². The number of ether oxygens (including phenoxy) is 5. The van der Waals surface area contributed by atoms with Gasteiger partial charge in [0.1, 0.15) is 0 Å². The first-order chi connectivity index (χ1) is 16.6. The lowest BCUT2D eigenvalue weighted by Gasteiger charge is -2.22. The fraction of sp³-hybridized carbons (Fsp3) is 0.444. The van der Waals surface area contributed by atoms with E-state index in [1.54, 1.807) is 12.1 Å². The van der Waals surface area contributed by atoms with Crippen LogP contribution in [0.15, 0.2) is 42.5 Å². The van der Waals surface area contributed by atoms with Gasteiger partial charge in [-0.2, -0.15) is 0 Å². The van der Waals surface area contributed by atoms with Gasteiger partial charge in [-0.25, -0.2) is 0 Å². The Kier molecular flexibility index (Phi) is 10.4. The van der Waals surface area contributed by atoms with Crippen molar-refractivity contribution in [2.45, 2.75) is 44.8 Å². The van der Waals surface area contributed by atoms with E-state index in [0.29, 0.717) is 5.75 Å². The highest BCUT2D eigenvalue weighted by Crippen LogP contribution is 2.39. The van der Waals surface area contributed by atoms with E-state index in [1.807, 2.05) is 12.1 Å². The Morgan fingerprint density at radius 2 is 1.94 bits per heavy atom. The minimum atomic E-state index is -0.333. The van der Waals surface area contributed by atoms with Gasteiger partial charge in [0.15, 0.2) is 30.4 Å². The molecule has 1 aliphatic heterocycles. The zero-order valence-corrected chi connectivity index (χ0v) is 20.0. The molecule has 3 rings (SSSR count). The van der Waals surface area contributed by atoms with Crippen molar-refractivity contribution >= 4 is 11.9 Å². The van der Waals surface area contributed by atoms with E-state index >= 15 is 0 Å². The Balaban J connectivity index is 1.48. The SMILES string of the molecule is COCOc1ccc(C(=O)/C=C/c2ccc(CCCCOC3CCCCO3)cc2)c(O)c1OC. The molecule has 0 spiro atoms. The van der Waals surface area contributed by atoms with Crippen molar-refractivity contribution in [2.75, 3.05) is 34.2 Å². The minimum absolute atomic E-state index is 0.00218. The van der Waals surface area contributed by atoms with Crippen LogP contribution < -0.4 is 9.47 Å². The molecule has 1 N–H and O–H groups in total. The van der Waals surface area contributed by atoms with Crippen molar-refractivity contribution in [3.63, 3.8) is 0 Å². The lowest BCUT2D eigenvalue weighted by molar-refractivity contribution is -0.162. The highest BCUT2D eigenvalue weighted by Gasteiger charge is 2.18. The highest BCUT2D eigenvalue weighted by molar-refractivity contribution is 6.09. The molecule has 184 valence electrons. The number of aryl methyl sites for hydroxylation is 1. The number of phenolic OH excluding ortho intramolecular Hbond substituents is 1. The summed E-state index contributed by atoms with van der Waals surface area (Å²) in [6, 6.07) is 11.2. The molecule has 1 saturated heterocycles. The summed E-state index contributed by atoms with van der Waals surface area (Å²) in [6.07, 6.45) is 9.48. The molecule has 1 aliphatic rings. The van der Waals surface area contributed by atoms with E-state index in [0.717, 1.165) is 50.9 Å². The number of hydrogen-bond donors (Lipinski definition) is 1. The Morgan fingerprint density at radius 3 is 2.65 bits per heavy atom. The van der Waals surface area contributed by atoms with Gasteiger partial charge >= 0.3 is 0 Å². The Labute approximate surface area is 201 Å². The number of allylic oxidation sites excluding steroid dienone is 1. The van der Waals surface area contributed by atoms with Gasteiger partial charge in [0, 0.05) is 20.3 Å². The summed E-state index contributed by atoms with van der Waals surface area (Å²) in [5, 5.41) is 10.5. The number of unbranched alkanes of at least 4 members (excludes halogenated alkanes) is 1. The smallest absolute Gasteiger partial charge is 0.203 e. The van der Waals surface area contributed by atoms with E-state index in [4.69, 9.17) is 23.7 Å². The maximum Gasteiger partial charge on any atom is 0.203 e. The molecule has 2 aromatic rings. The van der Waals surface area contributed by atoms with Crippen LogP contribution in [0.4, 0.5) is 0 Å². The summed E-state index contributed by atoms with van der Waals surface area (Å²) >= 11 is 0. The summed E-state index contributed by atoms with van der Waals surface area (Å²) in [6.45, 7) is 1.54. The van der Waals surface area contributed by atoms with Crippen molar-refractivity contribution < 1.29 is 33.6 Å². The normalized spacial score (nSPS) is 16.0. The molecule has 0 amide bonds. The Hall–Kier alpha value is -2.87. The molecule has 1 unspecified atom stereocenters. The van der Waals surface area contributed by atoms with Crippen LogP contribution in [0.1, 0.15) is 53.6 Å². The lowest BCUT2D eigenvalue weighted by Crippen LogP contribution is -2.22. The van der Waals surface area contributed by atoms with Crippen molar-refractivity contribution in [1.29, 1.82) is 0 Å². The van der Waals surface area contributed by atoms with Crippen LogP contribution in [-0.2, 0) is 20.6 Å². The zero-order valence-electron chi connectivity index (χ0n) is 20.0. The van der Waals surface area contributed by atoms with E-state index in [9.17, 15) is 9.90 Å². The van der Waals surface area contributed by atoms with Crippen molar-refractivity contribution in [1.82, 2.24) is 0 Å². The summed E-state index contributed by atoms with van der Waals surface area (Å²) in [5.41, 5.74) is 2.28. The van der Waals surface area contributed by atoms with Crippen LogP contribution >= 0.6 is 0 Å². The molecule has 7 heteroatoms. The van der Waals surface area contributed by atoms with Crippen LogP contribution in [0.5, 0.6) is 17.2 Å². The number of methoxy groups -OCH3 is 2. The first-order valence-electron chi connectivity index (χ1n) is 11.7. The number of rotatable bonds is 13. The maximum atomic E-state index is 12.6. The second-order valence-electron chi connectivity index (χ2n) is 8.11. The second kappa shape index (κ2) is 13.7. The molecule has 0 aromatic heterocycles. The van der Waals surface area contributed by atoms with E-state index in [2.05, 4.69) is 12.1 Å². The van der Waals surface area contributed by atoms with Crippen LogP contribution in [0.3, 0.4) is 0 Å². The molecule has 1 fully saturated rings. The third-order valence-electron chi connectivity index (χ3n) is 5.61. The van der Waals surface area contributed by atoms with E-state index in [1.165, 1.54) is 38.3 Å². The van der Waals surface area contributed by atoms with Crippen LogP contribution in [0.25, 0.3) is 6.08 Å². The molecule has 2 aromatic carbocycles. The number of benzene rings is 2. The number of carbonyl (C=O) groups is 1. The van der Waals surface area contributed by atoms with Gasteiger partial charge in [-0.05, 0) is 67.9 Å². The molecule has 0 bridgehead atoms. The summed E-state index contributed by atoms with van der Waals surface area (Å²) in [4.78, 5) is 12.6. The number of ketones is 1. The highest BCUT2D eigenvalue weighted by atomic mass is 16.7. The summed E-state index contributed by atoms with van der Waals surface area (Å²) in [7, 11) is 2.89. The molecular formula is C27H34O7. The molecule has 0 saturated carbocycles. The lowest BCUT2D eigenvalue weighted by atomic mass is 10.0. The van der Waals surface area contributed by atoms with Gasteiger partial charge in [-0.1, -0.05) is 30.3 Å². The van der Waals surface area contributed by atoms with Crippen molar-refractivity contribution in [2.24, 2.45) is 0 Å². The number of aromatic hydroxyl groups is 1. The fourth-order valence-electron chi connectivity index (χ4n) is 3.73. The minimum Gasteiger partial charge on any atom is -0.504 e. The van der Waals surface area contributed by atoms with Crippen molar-refractivity contribution in [3.05, 3.63) is 59.2 Å². The van der Waals surface area contributed by atoms with Gasteiger partial charge in [-0.3, -0.25) is 4.79 Å². The second-order valence-corrected chi connectivity index (χ2v) is 8.11. The molecule has 0 radical (unpaired) electrons. The maximum absolute atomic E-state index is 12.6. The molecular weight excluding hydrogens is 436 g/mol. The predicted molar refractivity (Wildman–Crippen MR) is 129 cm³/mol. The first kappa shape index (κ1) is 25.7. The largest absolute Gasteiger partial charge is 0.504 e. The van der Waals surface area contributed by atoms with Crippen LogP contribution in [0, 0.1) is 0 Å². The van der Waals surface area contributed by atoms with E-state index < -0.39 is 0 Å². The first-order valence-corrected chi connectivity index (χ1v) is 11.7. The molecule has 7 nitrogen and oxygen atoms in total. The molecule has 1 atom stereocenters. The molecule has 34 heavy (non-hydrogen) atoms. The Morgan fingerprint density at radius 1 is 1.12 bits per heavy atom. The monoisotopic (exact) mass is 470 g/mol. The number of carbonyl (C=O) groups excluding carboxylic acids is 1. The zero-order chi connectivity index (χ0) is 24.2. The average Bonchev–Trinajstić information content (AvgIpc) is 2.87. The fourth-order valence-corrected chi connectivity index (χ4v) is 3.73. The summed E-state index contributed by atoms with van der Waals surface area (Å²) < 4.78 is 26.8.